The molecule has 1 fully saturated rings. The Bertz CT molecular complexity index is 434. The first-order valence-electron chi connectivity index (χ1n) is 6.88. The van der Waals surface area contributed by atoms with Crippen LogP contribution in [0.15, 0.2) is 24.3 Å². The highest BCUT2D eigenvalue weighted by molar-refractivity contribution is 5.78. The van der Waals surface area contributed by atoms with Gasteiger partial charge < -0.3 is 15.4 Å². The molecule has 1 aromatic carbocycles. The van der Waals surface area contributed by atoms with Crippen LogP contribution in [0.1, 0.15) is 25.3 Å². The number of amides is 1. The topological polar surface area (TPSA) is 55.6 Å². The van der Waals surface area contributed by atoms with Crippen molar-refractivity contribution in [3.8, 4) is 5.75 Å². The van der Waals surface area contributed by atoms with Crippen LogP contribution in [-0.4, -0.2) is 30.5 Å². The number of ether oxygens (including phenoxy) is 1. The highest BCUT2D eigenvalue weighted by Gasteiger charge is 2.25. The number of nitrogens with two attached hydrogens (primary N) is 1. The first kappa shape index (κ1) is 13.9. The first-order chi connectivity index (χ1) is 9.19. The minimum Gasteiger partial charge on any atom is -0.494 e. The van der Waals surface area contributed by atoms with E-state index in [4.69, 9.17) is 10.5 Å². The first-order valence-corrected chi connectivity index (χ1v) is 6.88. The summed E-state index contributed by atoms with van der Waals surface area (Å²) in [6, 6.07) is 7.83. The Hall–Kier alpha value is -1.55. The van der Waals surface area contributed by atoms with Crippen molar-refractivity contribution in [3.63, 3.8) is 0 Å². The molecule has 2 N–H and O–H groups in total. The highest BCUT2D eigenvalue weighted by Crippen LogP contribution is 2.17. The smallest absolute Gasteiger partial charge is 0.222 e. The van der Waals surface area contributed by atoms with E-state index in [-0.39, 0.29) is 5.91 Å². The summed E-state index contributed by atoms with van der Waals surface area (Å²) in [5, 5.41) is 0. The molecule has 1 saturated heterocycles. The quantitative estimate of drug-likeness (QED) is 0.795. The number of hydrogen-bond acceptors (Lipinski definition) is 3. The van der Waals surface area contributed by atoms with Crippen LogP contribution >= 0.6 is 0 Å². The molecule has 0 radical (unpaired) electrons. The molecule has 1 amide bonds. The monoisotopic (exact) mass is 262 g/mol. The summed E-state index contributed by atoms with van der Waals surface area (Å²) in [6.45, 7) is 4.96. The lowest BCUT2D eigenvalue weighted by Crippen LogP contribution is -2.27. The van der Waals surface area contributed by atoms with Gasteiger partial charge in [0.2, 0.25) is 5.91 Å². The Morgan fingerprint density at radius 1 is 1.47 bits per heavy atom. The van der Waals surface area contributed by atoms with Crippen molar-refractivity contribution in [2.24, 2.45) is 11.7 Å². The fourth-order valence-electron chi connectivity index (χ4n) is 2.39. The van der Waals surface area contributed by atoms with Gasteiger partial charge in [0.25, 0.3) is 0 Å². The van der Waals surface area contributed by atoms with Crippen LogP contribution in [0.25, 0.3) is 0 Å². The summed E-state index contributed by atoms with van der Waals surface area (Å²) in [4.78, 5) is 13.5. The number of rotatable bonds is 6. The number of carbonyl (C=O) groups excluding carboxylic acids is 1. The molecule has 0 spiro atoms. The minimum atomic E-state index is 0.276. The van der Waals surface area contributed by atoms with Crippen LogP contribution in [0.2, 0.25) is 0 Å². The maximum absolute atomic E-state index is 11.6. The Morgan fingerprint density at radius 3 is 3.00 bits per heavy atom. The van der Waals surface area contributed by atoms with E-state index in [9.17, 15) is 4.79 Å². The van der Waals surface area contributed by atoms with E-state index in [0.717, 1.165) is 30.8 Å². The third-order valence-electron chi connectivity index (χ3n) is 3.38. The molecule has 0 bridgehead atoms. The predicted molar refractivity (Wildman–Crippen MR) is 74.8 cm³/mol. The van der Waals surface area contributed by atoms with Gasteiger partial charge in [0, 0.05) is 26.1 Å². The Kier molecular flexibility index (Phi) is 4.80. The van der Waals surface area contributed by atoms with Crippen molar-refractivity contribution >= 4 is 5.91 Å². The third kappa shape index (κ3) is 3.96. The molecule has 1 aromatic rings. The molecule has 1 atom stereocenters. The van der Waals surface area contributed by atoms with Crippen molar-refractivity contribution in [2.75, 3.05) is 19.7 Å². The van der Waals surface area contributed by atoms with Gasteiger partial charge in [-0.05, 0) is 30.0 Å². The normalized spacial score (nSPS) is 18.9. The molecule has 1 heterocycles. The number of likely N-dealkylation sites (tertiary alicyclic amines) is 1. The van der Waals surface area contributed by atoms with Crippen LogP contribution in [-0.2, 0) is 11.3 Å². The molecule has 0 aliphatic carbocycles. The van der Waals surface area contributed by atoms with Gasteiger partial charge in [-0.2, -0.15) is 0 Å². The summed E-state index contributed by atoms with van der Waals surface area (Å²) < 4.78 is 5.68. The van der Waals surface area contributed by atoms with E-state index in [1.54, 1.807) is 0 Å². The van der Waals surface area contributed by atoms with Crippen molar-refractivity contribution in [1.82, 2.24) is 4.90 Å². The summed E-state index contributed by atoms with van der Waals surface area (Å²) >= 11 is 0. The van der Waals surface area contributed by atoms with Crippen molar-refractivity contribution in [1.29, 1.82) is 0 Å². The zero-order valence-electron chi connectivity index (χ0n) is 11.5. The van der Waals surface area contributed by atoms with E-state index in [0.29, 0.717) is 25.5 Å². The van der Waals surface area contributed by atoms with E-state index in [1.807, 2.05) is 29.2 Å². The highest BCUT2D eigenvalue weighted by atomic mass is 16.5. The molecule has 0 saturated carbocycles. The van der Waals surface area contributed by atoms with E-state index in [1.165, 1.54) is 0 Å². The van der Waals surface area contributed by atoms with Gasteiger partial charge in [0.15, 0.2) is 0 Å². The largest absolute Gasteiger partial charge is 0.494 e. The fraction of sp³-hybridized carbons (Fsp3) is 0.533. The zero-order valence-corrected chi connectivity index (χ0v) is 11.5. The molecule has 4 heteroatoms. The van der Waals surface area contributed by atoms with Gasteiger partial charge in [0.05, 0.1) is 6.61 Å². The molecule has 0 aromatic heterocycles. The van der Waals surface area contributed by atoms with Crippen LogP contribution in [0.4, 0.5) is 0 Å². The van der Waals surface area contributed by atoms with E-state index >= 15 is 0 Å². The van der Waals surface area contributed by atoms with E-state index < -0.39 is 0 Å². The maximum atomic E-state index is 11.6. The Labute approximate surface area is 114 Å². The number of nitrogens with zero attached hydrogens (tertiary/aromatic N) is 1. The second-order valence-corrected chi connectivity index (χ2v) is 5.20. The van der Waals surface area contributed by atoms with Crippen LogP contribution < -0.4 is 10.5 Å². The molecule has 2 rings (SSSR count). The van der Waals surface area contributed by atoms with Crippen LogP contribution in [0, 0.1) is 5.92 Å². The lowest BCUT2D eigenvalue weighted by atomic mass is 10.2. The van der Waals surface area contributed by atoms with Gasteiger partial charge in [-0.1, -0.05) is 19.1 Å². The van der Waals surface area contributed by atoms with E-state index in [2.05, 4.69) is 6.92 Å². The van der Waals surface area contributed by atoms with Gasteiger partial charge in [-0.15, -0.1) is 0 Å². The summed E-state index contributed by atoms with van der Waals surface area (Å²) in [5.41, 5.74) is 6.66. The second kappa shape index (κ2) is 6.57. The fourth-order valence-corrected chi connectivity index (χ4v) is 2.39. The SMILES string of the molecule is CC1CC(=O)N(CCCOc2cccc(CN)c2)C1. The average molecular weight is 262 g/mol. The molecule has 1 unspecified atom stereocenters. The summed E-state index contributed by atoms with van der Waals surface area (Å²) in [6.07, 6.45) is 1.56. The third-order valence-corrected chi connectivity index (χ3v) is 3.38. The van der Waals surface area contributed by atoms with Crippen molar-refractivity contribution in [3.05, 3.63) is 29.8 Å². The standard InChI is InChI=1S/C15H22N2O2/c1-12-8-15(18)17(11-12)6-3-7-19-14-5-2-4-13(9-14)10-16/h2,4-5,9,12H,3,6-8,10-11,16H2,1H3. The molecule has 4 nitrogen and oxygen atoms in total. The van der Waals surface area contributed by atoms with Crippen LogP contribution in [0.5, 0.6) is 5.75 Å². The van der Waals surface area contributed by atoms with Crippen molar-refractivity contribution in [2.45, 2.75) is 26.3 Å². The minimum absolute atomic E-state index is 0.276. The molecular formula is C15H22N2O2. The number of carbonyl (C=O) groups is 1. The summed E-state index contributed by atoms with van der Waals surface area (Å²) in [7, 11) is 0. The molecular weight excluding hydrogens is 240 g/mol. The Balaban J connectivity index is 1.70. The molecule has 104 valence electrons. The molecule has 19 heavy (non-hydrogen) atoms. The number of hydrogen-bond donors (Lipinski definition) is 1. The second-order valence-electron chi connectivity index (χ2n) is 5.20. The predicted octanol–water partition coefficient (Wildman–Crippen LogP) is 1.78. The van der Waals surface area contributed by atoms with Crippen molar-refractivity contribution < 1.29 is 9.53 Å². The van der Waals surface area contributed by atoms with Gasteiger partial charge >= 0.3 is 0 Å². The van der Waals surface area contributed by atoms with Gasteiger partial charge in [0.1, 0.15) is 5.75 Å². The number of benzene rings is 1. The lowest BCUT2D eigenvalue weighted by Gasteiger charge is -2.16. The maximum Gasteiger partial charge on any atom is 0.222 e. The molecule has 1 aliphatic heterocycles. The summed E-state index contributed by atoms with van der Waals surface area (Å²) in [5.74, 6) is 1.62. The average Bonchev–Trinajstić information content (AvgIpc) is 2.73. The van der Waals surface area contributed by atoms with Crippen LogP contribution in [0.3, 0.4) is 0 Å². The van der Waals surface area contributed by atoms with Gasteiger partial charge in [-0.25, -0.2) is 0 Å². The Morgan fingerprint density at radius 2 is 2.32 bits per heavy atom. The van der Waals surface area contributed by atoms with Gasteiger partial charge in [-0.3, -0.25) is 4.79 Å². The zero-order chi connectivity index (χ0) is 13.7. The molecule has 1 aliphatic rings. The lowest BCUT2D eigenvalue weighted by molar-refractivity contribution is -0.127.